The third-order valence-corrected chi connectivity index (χ3v) is 6.87. The van der Waals surface area contributed by atoms with Gasteiger partial charge in [0, 0.05) is 45.0 Å². The first kappa shape index (κ1) is 23.7. The molecule has 2 aliphatic carbocycles. The van der Waals surface area contributed by atoms with Gasteiger partial charge < -0.3 is 10.6 Å². The smallest absolute Gasteiger partial charge is 0.233 e. The molecular formula is C22H33IN6O2. The molecule has 2 amide bonds. The molecule has 2 N–H and O–H groups in total. The number of rotatable bonds is 7. The Morgan fingerprint density at radius 3 is 2.32 bits per heavy atom. The number of imide groups is 1. The monoisotopic (exact) mass is 540 g/mol. The van der Waals surface area contributed by atoms with Crippen LogP contribution in [-0.4, -0.2) is 52.6 Å². The minimum absolute atomic E-state index is 0. The molecule has 4 unspecified atom stereocenters. The summed E-state index contributed by atoms with van der Waals surface area (Å²) in [5.74, 6) is 0.909. The number of hydrogen-bond acceptors (Lipinski definition) is 4. The van der Waals surface area contributed by atoms with Gasteiger partial charge in [-0.05, 0) is 31.1 Å². The molecule has 0 spiro atoms. The van der Waals surface area contributed by atoms with E-state index in [9.17, 15) is 9.59 Å². The number of nitrogens with zero attached hydrogens (tertiary/aromatic N) is 4. The number of carbonyl (C=O) groups excluding carboxylic acids is 2. The second kappa shape index (κ2) is 9.70. The van der Waals surface area contributed by atoms with E-state index >= 15 is 0 Å². The minimum Gasteiger partial charge on any atom is -0.355 e. The van der Waals surface area contributed by atoms with Crippen molar-refractivity contribution in [2.45, 2.75) is 39.7 Å². The van der Waals surface area contributed by atoms with Crippen LogP contribution < -0.4 is 10.6 Å². The Morgan fingerprint density at radius 1 is 1.13 bits per heavy atom. The summed E-state index contributed by atoms with van der Waals surface area (Å²) in [5, 5.41) is 11.2. The number of fused-ring (bicyclic) bond motifs is 5. The van der Waals surface area contributed by atoms with Gasteiger partial charge in [0.05, 0.1) is 17.5 Å². The number of amides is 2. The lowest BCUT2D eigenvalue weighted by molar-refractivity contribution is -0.140. The normalized spacial score (nSPS) is 26.5. The number of likely N-dealkylation sites (tertiary alicyclic amines) is 1. The van der Waals surface area contributed by atoms with Gasteiger partial charge in [-0.3, -0.25) is 24.2 Å². The first-order chi connectivity index (χ1) is 14.5. The molecule has 4 rings (SSSR count). The molecule has 1 aliphatic heterocycles. The zero-order valence-electron chi connectivity index (χ0n) is 18.7. The molecule has 2 bridgehead atoms. The average Bonchev–Trinajstić information content (AvgIpc) is 3.48. The maximum absolute atomic E-state index is 12.8. The quantitative estimate of drug-likeness (QED) is 0.181. The van der Waals surface area contributed by atoms with E-state index in [-0.39, 0.29) is 59.5 Å². The minimum atomic E-state index is -0.129. The first-order valence-corrected chi connectivity index (χ1v) is 11.0. The molecule has 0 aromatic carbocycles. The number of hydrogen-bond donors (Lipinski definition) is 2. The molecule has 3 aliphatic rings. The lowest BCUT2D eigenvalue weighted by Gasteiger charge is -2.19. The highest BCUT2D eigenvalue weighted by Crippen LogP contribution is 2.52. The summed E-state index contributed by atoms with van der Waals surface area (Å²) in [5.41, 5.74) is 3.53. The van der Waals surface area contributed by atoms with Gasteiger partial charge in [0.15, 0.2) is 5.96 Å². The highest BCUT2D eigenvalue weighted by Gasteiger charge is 2.58. The first-order valence-electron chi connectivity index (χ1n) is 11.0. The van der Waals surface area contributed by atoms with Gasteiger partial charge in [0.2, 0.25) is 11.8 Å². The lowest BCUT2D eigenvalue weighted by Crippen LogP contribution is -2.43. The van der Waals surface area contributed by atoms with Crippen LogP contribution in [0, 0.1) is 23.7 Å². The fourth-order valence-corrected chi connectivity index (χ4v) is 5.46. The number of aromatic nitrogens is 2. The summed E-state index contributed by atoms with van der Waals surface area (Å²) in [6, 6.07) is 0. The van der Waals surface area contributed by atoms with Crippen molar-refractivity contribution in [1.29, 1.82) is 0 Å². The standard InChI is InChI=1S/C22H32N6O2.HI/c1-5-16-15(17(6-2)27(4)26-16)12-25-22(23-3)24-9-10-28-20(29)18-13-7-8-14(11-13)19(18)21(28)30;/h7-8,13-14,18-19H,5-6,9-12H2,1-4H3,(H2,23,24,25);1H. The number of aryl methyl sites for hydroxylation is 2. The van der Waals surface area contributed by atoms with E-state index in [1.165, 1.54) is 16.2 Å². The van der Waals surface area contributed by atoms with E-state index in [1.807, 2.05) is 11.7 Å². The number of carbonyl (C=O) groups is 2. The number of nitrogens with one attached hydrogen (secondary N) is 2. The molecule has 1 saturated heterocycles. The van der Waals surface area contributed by atoms with Crippen LogP contribution in [-0.2, 0) is 36.0 Å². The molecule has 1 aromatic rings. The molecule has 8 nitrogen and oxygen atoms in total. The van der Waals surface area contributed by atoms with Gasteiger partial charge in [0.1, 0.15) is 0 Å². The topological polar surface area (TPSA) is 91.6 Å². The second-order valence-corrected chi connectivity index (χ2v) is 8.38. The van der Waals surface area contributed by atoms with Crippen molar-refractivity contribution in [1.82, 2.24) is 25.3 Å². The number of aliphatic imine (C=N–C) groups is 1. The zero-order chi connectivity index (χ0) is 21.4. The van der Waals surface area contributed by atoms with Crippen molar-refractivity contribution in [3.63, 3.8) is 0 Å². The third-order valence-electron chi connectivity index (χ3n) is 6.87. The van der Waals surface area contributed by atoms with Gasteiger partial charge in [-0.15, -0.1) is 24.0 Å². The van der Waals surface area contributed by atoms with Crippen LogP contribution in [0.3, 0.4) is 0 Å². The summed E-state index contributed by atoms with van der Waals surface area (Å²) in [6.45, 7) is 5.74. The van der Waals surface area contributed by atoms with E-state index in [0.717, 1.165) is 25.0 Å². The Morgan fingerprint density at radius 2 is 1.77 bits per heavy atom. The van der Waals surface area contributed by atoms with E-state index in [2.05, 4.69) is 46.7 Å². The van der Waals surface area contributed by atoms with Crippen LogP contribution in [0.4, 0.5) is 0 Å². The highest BCUT2D eigenvalue weighted by atomic mass is 127. The summed E-state index contributed by atoms with van der Waals surface area (Å²) in [6.07, 6.45) is 7.01. The van der Waals surface area contributed by atoms with Gasteiger partial charge in [-0.2, -0.15) is 5.10 Å². The fourth-order valence-electron chi connectivity index (χ4n) is 5.46. The fraction of sp³-hybridized carbons (Fsp3) is 0.636. The second-order valence-electron chi connectivity index (χ2n) is 8.38. The lowest BCUT2D eigenvalue weighted by atomic mass is 9.85. The van der Waals surface area contributed by atoms with Crippen LogP contribution in [0.1, 0.15) is 37.2 Å². The maximum Gasteiger partial charge on any atom is 0.233 e. The van der Waals surface area contributed by atoms with Crippen molar-refractivity contribution < 1.29 is 9.59 Å². The molecule has 4 atom stereocenters. The molecular weight excluding hydrogens is 507 g/mol. The average molecular weight is 540 g/mol. The Balaban J connectivity index is 0.00000272. The summed E-state index contributed by atoms with van der Waals surface area (Å²) < 4.78 is 1.95. The number of halogens is 1. The van der Waals surface area contributed by atoms with Crippen LogP contribution in [0.2, 0.25) is 0 Å². The van der Waals surface area contributed by atoms with Gasteiger partial charge in [0.25, 0.3) is 0 Å². The Hall–Kier alpha value is -1.91. The Bertz CT molecular complexity index is 878. The Labute approximate surface area is 200 Å². The van der Waals surface area contributed by atoms with Crippen LogP contribution in [0.25, 0.3) is 0 Å². The SMILES string of the molecule is CCc1nn(C)c(CC)c1CNC(=NC)NCCN1C(=O)C2C3C=CC(C3)C2C1=O.I. The zero-order valence-corrected chi connectivity index (χ0v) is 21.1. The van der Waals surface area contributed by atoms with Crippen molar-refractivity contribution in [2.24, 2.45) is 35.7 Å². The van der Waals surface area contributed by atoms with Gasteiger partial charge >= 0.3 is 0 Å². The number of allylic oxidation sites excluding steroid dienone is 2. The molecule has 2 heterocycles. The largest absolute Gasteiger partial charge is 0.355 e. The summed E-state index contributed by atoms with van der Waals surface area (Å²) in [4.78, 5) is 31.3. The third kappa shape index (κ3) is 4.12. The predicted molar refractivity (Wildman–Crippen MR) is 130 cm³/mol. The molecule has 1 aromatic heterocycles. The van der Waals surface area contributed by atoms with Crippen molar-refractivity contribution in [2.75, 3.05) is 20.1 Å². The molecule has 2 fully saturated rings. The number of guanidine groups is 1. The maximum atomic E-state index is 12.8. The van der Waals surface area contributed by atoms with Crippen LogP contribution in [0.5, 0.6) is 0 Å². The van der Waals surface area contributed by atoms with E-state index < -0.39 is 0 Å². The summed E-state index contributed by atoms with van der Waals surface area (Å²) >= 11 is 0. The van der Waals surface area contributed by atoms with Crippen molar-refractivity contribution >= 4 is 41.8 Å². The van der Waals surface area contributed by atoms with Gasteiger partial charge in [-0.25, -0.2) is 0 Å². The Kier molecular flexibility index (Phi) is 7.43. The molecule has 31 heavy (non-hydrogen) atoms. The van der Waals surface area contributed by atoms with Crippen molar-refractivity contribution in [3.8, 4) is 0 Å². The van der Waals surface area contributed by atoms with Crippen molar-refractivity contribution in [3.05, 3.63) is 29.1 Å². The molecule has 1 saturated carbocycles. The van der Waals surface area contributed by atoms with E-state index in [4.69, 9.17) is 0 Å². The van der Waals surface area contributed by atoms with E-state index in [1.54, 1.807) is 7.05 Å². The van der Waals surface area contributed by atoms with Gasteiger partial charge in [-0.1, -0.05) is 26.0 Å². The molecule has 170 valence electrons. The van der Waals surface area contributed by atoms with Crippen LogP contribution >= 0.6 is 24.0 Å². The predicted octanol–water partition coefficient (Wildman–Crippen LogP) is 1.63. The highest BCUT2D eigenvalue weighted by molar-refractivity contribution is 14.0. The molecule has 0 radical (unpaired) electrons. The molecule has 9 heteroatoms. The summed E-state index contributed by atoms with van der Waals surface area (Å²) in [7, 11) is 3.70. The van der Waals surface area contributed by atoms with E-state index in [0.29, 0.717) is 25.6 Å². The van der Waals surface area contributed by atoms with Crippen LogP contribution in [0.15, 0.2) is 17.1 Å².